The normalized spacial score (nSPS) is 13.1. The molecule has 0 aliphatic heterocycles. The number of thioether (sulfide) groups is 1. The summed E-state index contributed by atoms with van der Waals surface area (Å²) in [7, 11) is 0. The van der Waals surface area contributed by atoms with Gasteiger partial charge in [-0.1, -0.05) is 37.7 Å². The van der Waals surface area contributed by atoms with Crippen LogP contribution in [-0.4, -0.2) is 33.4 Å². The zero-order valence-corrected chi connectivity index (χ0v) is 16.2. The van der Waals surface area contributed by atoms with Crippen molar-refractivity contribution >= 4 is 28.6 Å². The van der Waals surface area contributed by atoms with Gasteiger partial charge in [-0.05, 0) is 31.4 Å². The number of amides is 1. The molecule has 0 saturated carbocycles. The van der Waals surface area contributed by atoms with Gasteiger partial charge in [-0.3, -0.25) is 14.2 Å². The monoisotopic (exact) mass is 401 g/mol. The average Bonchev–Trinajstić information content (AvgIpc) is 2.58. The molecule has 0 radical (unpaired) electrons. The molecule has 0 saturated heterocycles. The lowest BCUT2D eigenvalue weighted by Crippen LogP contribution is -2.38. The number of aromatic nitrogens is 2. The highest BCUT2D eigenvalue weighted by molar-refractivity contribution is 8.00. The van der Waals surface area contributed by atoms with Gasteiger partial charge in [-0.15, -0.1) is 0 Å². The molecule has 1 amide bonds. The van der Waals surface area contributed by atoms with Crippen LogP contribution in [-0.2, 0) is 11.3 Å². The van der Waals surface area contributed by atoms with Crippen LogP contribution in [0.4, 0.5) is 13.2 Å². The fourth-order valence-electron chi connectivity index (χ4n) is 2.36. The lowest BCUT2D eigenvalue weighted by atomic mass is 10.1. The Bertz CT molecular complexity index is 865. The first-order valence-electron chi connectivity index (χ1n) is 8.59. The van der Waals surface area contributed by atoms with Gasteiger partial charge < -0.3 is 5.32 Å². The summed E-state index contributed by atoms with van der Waals surface area (Å²) in [5.74, 6) is -0.399. The number of nitrogens with one attached hydrogen (secondary N) is 1. The van der Waals surface area contributed by atoms with Crippen molar-refractivity contribution in [2.75, 3.05) is 6.54 Å². The molecule has 1 aromatic carbocycles. The SMILES string of the molecule is CC(C)CCn1c(SC(C)C(=O)NCC(F)(F)F)nc2ccccc2c1=O. The Morgan fingerprint density at radius 3 is 2.56 bits per heavy atom. The number of nitrogens with zero attached hydrogens (tertiary/aromatic N) is 2. The summed E-state index contributed by atoms with van der Waals surface area (Å²) < 4.78 is 38.4. The molecular formula is C18H22F3N3O2S. The molecule has 1 heterocycles. The maximum absolute atomic E-state index is 12.8. The highest BCUT2D eigenvalue weighted by Gasteiger charge is 2.29. The van der Waals surface area contributed by atoms with E-state index >= 15 is 0 Å². The molecule has 2 rings (SSSR count). The molecular weight excluding hydrogens is 379 g/mol. The Kier molecular flexibility index (Phi) is 6.91. The number of halogens is 3. The van der Waals surface area contributed by atoms with Gasteiger partial charge in [-0.2, -0.15) is 13.2 Å². The number of rotatable bonds is 7. The van der Waals surface area contributed by atoms with Crippen molar-refractivity contribution in [1.29, 1.82) is 0 Å². The van der Waals surface area contributed by atoms with Crippen molar-refractivity contribution in [3.8, 4) is 0 Å². The Balaban J connectivity index is 2.30. The highest BCUT2D eigenvalue weighted by atomic mass is 32.2. The molecule has 1 aromatic heterocycles. The van der Waals surface area contributed by atoms with E-state index in [2.05, 4.69) is 4.98 Å². The molecule has 9 heteroatoms. The van der Waals surface area contributed by atoms with Crippen molar-refractivity contribution in [3.63, 3.8) is 0 Å². The summed E-state index contributed by atoms with van der Waals surface area (Å²) in [5, 5.41) is 1.84. The van der Waals surface area contributed by atoms with Gasteiger partial charge in [-0.25, -0.2) is 4.98 Å². The van der Waals surface area contributed by atoms with Gasteiger partial charge in [0, 0.05) is 6.54 Å². The fraction of sp³-hybridized carbons (Fsp3) is 0.500. The summed E-state index contributed by atoms with van der Waals surface area (Å²) in [4.78, 5) is 29.3. The summed E-state index contributed by atoms with van der Waals surface area (Å²) in [6.45, 7) is 4.58. The van der Waals surface area contributed by atoms with Crippen LogP contribution < -0.4 is 10.9 Å². The van der Waals surface area contributed by atoms with Crippen molar-refractivity contribution < 1.29 is 18.0 Å². The number of hydrogen-bond donors (Lipinski definition) is 1. The standard InChI is InChI=1S/C18H22F3N3O2S/c1-11(2)8-9-24-16(26)13-6-4-5-7-14(13)23-17(24)27-12(3)15(25)22-10-18(19,20)21/h4-7,11-12H,8-10H2,1-3H3,(H,22,25). The van der Waals surface area contributed by atoms with E-state index in [1.54, 1.807) is 24.3 Å². The second-order valence-electron chi connectivity index (χ2n) is 6.64. The van der Waals surface area contributed by atoms with Crippen molar-refractivity contribution in [1.82, 2.24) is 14.9 Å². The minimum Gasteiger partial charge on any atom is -0.346 e. The molecule has 148 valence electrons. The number of carbonyl (C=O) groups is 1. The smallest absolute Gasteiger partial charge is 0.346 e. The van der Waals surface area contributed by atoms with E-state index < -0.39 is 23.9 Å². The molecule has 27 heavy (non-hydrogen) atoms. The van der Waals surface area contributed by atoms with Crippen LogP contribution >= 0.6 is 11.8 Å². The van der Waals surface area contributed by atoms with E-state index in [-0.39, 0.29) is 5.56 Å². The second kappa shape index (κ2) is 8.77. The van der Waals surface area contributed by atoms with Crippen LogP contribution in [0.15, 0.2) is 34.2 Å². The Hall–Kier alpha value is -2.03. The van der Waals surface area contributed by atoms with Crippen LogP contribution in [0.3, 0.4) is 0 Å². The van der Waals surface area contributed by atoms with Crippen LogP contribution in [0.5, 0.6) is 0 Å². The first kappa shape index (κ1) is 21.3. The van der Waals surface area contributed by atoms with Crippen LogP contribution in [0.1, 0.15) is 27.2 Å². The average molecular weight is 401 g/mol. The molecule has 0 fully saturated rings. The van der Waals surface area contributed by atoms with Crippen LogP contribution in [0.2, 0.25) is 0 Å². The molecule has 0 bridgehead atoms. The number of fused-ring (bicyclic) bond motifs is 1. The van der Waals surface area contributed by atoms with Crippen molar-refractivity contribution in [2.24, 2.45) is 5.92 Å². The molecule has 2 aromatic rings. The highest BCUT2D eigenvalue weighted by Crippen LogP contribution is 2.23. The summed E-state index contributed by atoms with van der Waals surface area (Å²) >= 11 is 0.982. The molecule has 0 spiro atoms. The maximum atomic E-state index is 12.8. The number of alkyl halides is 3. The molecule has 5 nitrogen and oxygen atoms in total. The quantitative estimate of drug-likeness (QED) is 0.569. The van der Waals surface area contributed by atoms with Crippen molar-refractivity contribution in [3.05, 3.63) is 34.6 Å². The number of benzene rings is 1. The third-order valence-corrected chi connectivity index (χ3v) is 4.96. The topological polar surface area (TPSA) is 64.0 Å². The van der Waals surface area contributed by atoms with Crippen LogP contribution in [0.25, 0.3) is 10.9 Å². The fourth-order valence-corrected chi connectivity index (χ4v) is 3.32. The second-order valence-corrected chi connectivity index (χ2v) is 7.95. The van der Waals surface area contributed by atoms with Gasteiger partial charge in [0.25, 0.3) is 5.56 Å². The first-order chi connectivity index (χ1) is 12.6. The first-order valence-corrected chi connectivity index (χ1v) is 9.47. The van der Waals surface area contributed by atoms with Gasteiger partial charge in [0.15, 0.2) is 5.16 Å². The number of hydrogen-bond acceptors (Lipinski definition) is 4. The van der Waals surface area contributed by atoms with E-state index in [9.17, 15) is 22.8 Å². The third-order valence-electron chi connectivity index (χ3n) is 3.87. The summed E-state index contributed by atoms with van der Waals surface area (Å²) in [6.07, 6.45) is -3.73. The molecule has 0 aliphatic carbocycles. The molecule has 1 atom stereocenters. The van der Waals surface area contributed by atoms with E-state index in [1.165, 1.54) is 11.5 Å². The van der Waals surface area contributed by atoms with E-state index in [0.717, 1.165) is 18.2 Å². The minimum absolute atomic E-state index is 0.216. The van der Waals surface area contributed by atoms with E-state index in [4.69, 9.17) is 0 Å². The lowest BCUT2D eigenvalue weighted by molar-refractivity contribution is -0.137. The minimum atomic E-state index is -4.47. The Morgan fingerprint density at radius 2 is 1.93 bits per heavy atom. The third kappa shape index (κ3) is 5.98. The van der Waals surface area contributed by atoms with Gasteiger partial charge in [0.2, 0.25) is 5.91 Å². The molecule has 1 unspecified atom stereocenters. The maximum Gasteiger partial charge on any atom is 0.405 e. The number of carbonyl (C=O) groups excluding carboxylic acids is 1. The molecule has 0 aliphatic rings. The summed E-state index contributed by atoms with van der Waals surface area (Å²) in [6, 6.07) is 6.88. The molecule has 1 N–H and O–H groups in total. The van der Waals surface area contributed by atoms with Crippen LogP contribution in [0, 0.1) is 5.92 Å². The zero-order chi connectivity index (χ0) is 20.2. The largest absolute Gasteiger partial charge is 0.405 e. The Labute approximate surface area is 159 Å². The van der Waals surface area contributed by atoms with Gasteiger partial charge in [0.05, 0.1) is 16.2 Å². The summed E-state index contributed by atoms with van der Waals surface area (Å²) in [5.41, 5.74) is 0.278. The Morgan fingerprint density at radius 1 is 1.26 bits per heavy atom. The van der Waals surface area contributed by atoms with E-state index in [1.807, 2.05) is 19.2 Å². The predicted octanol–water partition coefficient (Wildman–Crippen LogP) is 3.60. The predicted molar refractivity (Wildman–Crippen MR) is 99.8 cm³/mol. The number of para-hydroxylation sites is 1. The van der Waals surface area contributed by atoms with Gasteiger partial charge >= 0.3 is 6.18 Å². The van der Waals surface area contributed by atoms with Crippen molar-refractivity contribution in [2.45, 2.75) is 50.3 Å². The lowest BCUT2D eigenvalue weighted by Gasteiger charge is -2.17. The van der Waals surface area contributed by atoms with E-state index in [0.29, 0.717) is 28.5 Å². The zero-order valence-electron chi connectivity index (χ0n) is 15.3. The van der Waals surface area contributed by atoms with Gasteiger partial charge in [0.1, 0.15) is 6.54 Å².